The molecular weight excluding hydrogens is 250 g/mol. The van der Waals surface area contributed by atoms with Gasteiger partial charge in [0.05, 0.1) is 5.56 Å². The zero-order valence-electron chi connectivity index (χ0n) is 11.8. The summed E-state index contributed by atoms with van der Waals surface area (Å²) in [6, 6.07) is 14.8. The number of anilines is 2. The van der Waals surface area contributed by atoms with Crippen LogP contribution in [0, 0.1) is 0 Å². The summed E-state index contributed by atoms with van der Waals surface area (Å²) in [5.41, 5.74) is 8.72. The van der Waals surface area contributed by atoms with Crippen molar-refractivity contribution in [2.24, 2.45) is 0 Å². The lowest BCUT2D eigenvalue weighted by Crippen LogP contribution is -2.14. The molecule has 2 rings (SSSR count). The van der Waals surface area contributed by atoms with Crippen LogP contribution in [0.2, 0.25) is 0 Å². The molecule has 0 bridgehead atoms. The number of rotatable bonds is 4. The summed E-state index contributed by atoms with van der Waals surface area (Å²) in [5.74, 6) is -0.191. The second kappa shape index (κ2) is 6.21. The van der Waals surface area contributed by atoms with E-state index in [2.05, 4.69) is 10.2 Å². The minimum absolute atomic E-state index is 0.191. The van der Waals surface area contributed by atoms with Gasteiger partial charge in [0.1, 0.15) is 0 Å². The first-order chi connectivity index (χ1) is 9.56. The maximum Gasteiger partial charge on any atom is 0.257 e. The smallest absolute Gasteiger partial charge is 0.257 e. The zero-order chi connectivity index (χ0) is 14.5. The molecule has 20 heavy (non-hydrogen) atoms. The molecule has 0 saturated heterocycles. The third kappa shape index (κ3) is 3.59. The fourth-order valence-corrected chi connectivity index (χ4v) is 1.96. The average Bonchev–Trinajstić information content (AvgIpc) is 2.41. The number of para-hydroxylation sites is 1. The normalized spacial score (nSPS) is 10.6. The van der Waals surface area contributed by atoms with Gasteiger partial charge in [-0.1, -0.05) is 24.3 Å². The van der Waals surface area contributed by atoms with Crippen molar-refractivity contribution < 1.29 is 4.79 Å². The highest BCUT2D eigenvalue weighted by Crippen LogP contribution is 2.15. The van der Waals surface area contributed by atoms with Crippen LogP contribution in [0.1, 0.15) is 15.9 Å². The van der Waals surface area contributed by atoms with Crippen LogP contribution in [0.4, 0.5) is 11.4 Å². The van der Waals surface area contributed by atoms with E-state index in [4.69, 9.17) is 5.73 Å². The van der Waals surface area contributed by atoms with E-state index in [1.54, 1.807) is 18.2 Å². The quantitative estimate of drug-likeness (QED) is 0.839. The standard InChI is InChI=1S/C16H19N3O/c1-19(2)11-12-7-9-13(10-8-12)18-16(20)14-5-3-4-6-15(14)17/h3-10H,11,17H2,1-2H3,(H,18,20). The summed E-state index contributed by atoms with van der Waals surface area (Å²) in [4.78, 5) is 14.2. The number of amides is 1. The Kier molecular flexibility index (Phi) is 4.38. The first kappa shape index (κ1) is 14.1. The zero-order valence-corrected chi connectivity index (χ0v) is 11.8. The molecule has 2 aromatic carbocycles. The van der Waals surface area contributed by atoms with Gasteiger partial charge in [0.25, 0.3) is 5.91 Å². The summed E-state index contributed by atoms with van der Waals surface area (Å²) in [7, 11) is 4.04. The number of carbonyl (C=O) groups is 1. The topological polar surface area (TPSA) is 58.4 Å². The molecule has 2 aromatic rings. The lowest BCUT2D eigenvalue weighted by molar-refractivity contribution is 0.102. The van der Waals surface area contributed by atoms with Crippen LogP contribution < -0.4 is 11.1 Å². The summed E-state index contributed by atoms with van der Waals surface area (Å²) in [6.45, 7) is 0.875. The number of nitrogen functional groups attached to an aromatic ring is 1. The molecule has 0 fully saturated rings. The molecule has 0 unspecified atom stereocenters. The molecule has 0 aliphatic rings. The fourth-order valence-electron chi connectivity index (χ4n) is 1.96. The monoisotopic (exact) mass is 269 g/mol. The van der Waals surface area contributed by atoms with Crippen molar-refractivity contribution >= 4 is 17.3 Å². The van der Waals surface area contributed by atoms with E-state index in [0.29, 0.717) is 11.3 Å². The highest BCUT2D eigenvalue weighted by atomic mass is 16.1. The van der Waals surface area contributed by atoms with Gasteiger partial charge in [0.2, 0.25) is 0 Å². The molecule has 1 amide bonds. The van der Waals surface area contributed by atoms with Gasteiger partial charge < -0.3 is 16.0 Å². The molecule has 104 valence electrons. The largest absolute Gasteiger partial charge is 0.398 e. The molecule has 0 radical (unpaired) electrons. The first-order valence-corrected chi connectivity index (χ1v) is 6.46. The Morgan fingerprint density at radius 2 is 1.75 bits per heavy atom. The van der Waals surface area contributed by atoms with Crippen LogP contribution in [0.25, 0.3) is 0 Å². The maximum atomic E-state index is 12.1. The highest BCUT2D eigenvalue weighted by molar-refractivity contribution is 6.07. The Morgan fingerprint density at radius 3 is 2.35 bits per heavy atom. The van der Waals surface area contributed by atoms with Crippen molar-refractivity contribution in [3.05, 3.63) is 59.7 Å². The van der Waals surface area contributed by atoms with E-state index in [0.717, 1.165) is 12.2 Å². The van der Waals surface area contributed by atoms with Crippen LogP contribution in [0.5, 0.6) is 0 Å². The van der Waals surface area contributed by atoms with Gasteiger partial charge in [-0.15, -0.1) is 0 Å². The lowest BCUT2D eigenvalue weighted by Gasteiger charge is -2.11. The Balaban J connectivity index is 2.07. The minimum atomic E-state index is -0.191. The number of hydrogen-bond acceptors (Lipinski definition) is 3. The van der Waals surface area contributed by atoms with Crippen molar-refractivity contribution in [1.82, 2.24) is 4.90 Å². The third-order valence-electron chi connectivity index (χ3n) is 2.92. The van der Waals surface area contributed by atoms with E-state index in [9.17, 15) is 4.79 Å². The molecule has 0 aliphatic carbocycles. The molecule has 0 spiro atoms. The molecule has 0 atom stereocenters. The van der Waals surface area contributed by atoms with Crippen LogP contribution in [-0.2, 0) is 6.54 Å². The van der Waals surface area contributed by atoms with Crippen molar-refractivity contribution in [3.8, 4) is 0 Å². The Labute approximate surface area is 119 Å². The molecule has 4 heteroatoms. The third-order valence-corrected chi connectivity index (χ3v) is 2.92. The highest BCUT2D eigenvalue weighted by Gasteiger charge is 2.08. The van der Waals surface area contributed by atoms with Crippen molar-refractivity contribution in [2.45, 2.75) is 6.54 Å². The summed E-state index contributed by atoms with van der Waals surface area (Å²) in [6.07, 6.45) is 0. The minimum Gasteiger partial charge on any atom is -0.398 e. The van der Waals surface area contributed by atoms with Crippen molar-refractivity contribution in [1.29, 1.82) is 0 Å². The van der Waals surface area contributed by atoms with Gasteiger partial charge in [-0.2, -0.15) is 0 Å². The Morgan fingerprint density at radius 1 is 1.10 bits per heavy atom. The summed E-state index contributed by atoms with van der Waals surface area (Å²) >= 11 is 0. The van der Waals surface area contributed by atoms with Crippen LogP contribution in [0.15, 0.2) is 48.5 Å². The fraction of sp³-hybridized carbons (Fsp3) is 0.188. The van der Waals surface area contributed by atoms with E-state index in [-0.39, 0.29) is 5.91 Å². The van der Waals surface area contributed by atoms with E-state index >= 15 is 0 Å². The predicted molar refractivity (Wildman–Crippen MR) is 82.6 cm³/mol. The van der Waals surface area contributed by atoms with E-state index in [1.165, 1.54) is 5.56 Å². The number of nitrogens with zero attached hydrogens (tertiary/aromatic N) is 1. The van der Waals surface area contributed by atoms with E-state index < -0.39 is 0 Å². The maximum absolute atomic E-state index is 12.1. The van der Waals surface area contributed by atoms with Crippen molar-refractivity contribution in [2.75, 3.05) is 25.1 Å². The van der Waals surface area contributed by atoms with Gasteiger partial charge in [-0.3, -0.25) is 4.79 Å². The molecule has 3 N–H and O–H groups in total. The predicted octanol–water partition coefficient (Wildman–Crippen LogP) is 2.58. The number of benzene rings is 2. The molecule has 0 saturated carbocycles. The molecule has 0 aliphatic heterocycles. The molecular formula is C16H19N3O. The number of nitrogens with one attached hydrogen (secondary N) is 1. The summed E-state index contributed by atoms with van der Waals surface area (Å²) in [5, 5.41) is 2.85. The Bertz CT molecular complexity index is 591. The number of carbonyl (C=O) groups excluding carboxylic acids is 1. The van der Waals surface area contributed by atoms with Gasteiger partial charge >= 0.3 is 0 Å². The SMILES string of the molecule is CN(C)Cc1ccc(NC(=O)c2ccccc2N)cc1. The first-order valence-electron chi connectivity index (χ1n) is 6.46. The lowest BCUT2D eigenvalue weighted by atomic mass is 10.1. The van der Waals surface area contributed by atoms with Gasteiger partial charge in [0, 0.05) is 17.9 Å². The van der Waals surface area contributed by atoms with Crippen molar-refractivity contribution in [3.63, 3.8) is 0 Å². The second-order valence-corrected chi connectivity index (χ2v) is 4.98. The average molecular weight is 269 g/mol. The van der Waals surface area contributed by atoms with Gasteiger partial charge in [-0.25, -0.2) is 0 Å². The molecule has 4 nitrogen and oxygen atoms in total. The van der Waals surface area contributed by atoms with Crippen LogP contribution in [0.3, 0.4) is 0 Å². The van der Waals surface area contributed by atoms with Crippen LogP contribution >= 0.6 is 0 Å². The summed E-state index contributed by atoms with van der Waals surface area (Å²) < 4.78 is 0. The molecule has 0 aromatic heterocycles. The second-order valence-electron chi connectivity index (χ2n) is 4.98. The van der Waals surface area contributed by atoms with Gasteiger partial charge in [0.15, 0.2) is 0 Å². The Hall–Kier alpha value is -2.33. The molecule has 0 heterocycles. The van der Waals surface area contributed by atoms with E-state index in [1.807, 2.05) is 44.4 Å². The van der Waals surface area contributed by atoms with Gasteiger partial charge in [-0.05, 0) is 43.9 Å². The number of nitrogens with two attached hydrogens (primary N) is 1. The van der Waals surface area contributed by atoms with Crippen LogP contribution in [-0.4, -0.2) is 24.9 Å². The number of hydrogen-bond donors (Lipinski definition) is 2.